The van der Waals surface area contributed by atoms with E-state index in [1.54, 1.807) is 0 Å². The van der Waals surface area contributed by atoms with Gasteiger partial charge in [-0.2, -0.15) is 0 Å². The molecule has 4 rings (SSSR count). The van der Waals surface area contributed by atoms with Gasteiger partial charge in [0.25, 0.3) is 0 Å². The lowest BCUT2D eigenvalue weighted by Crippen LogP contribution is -2.03. The van der Waals surface area contributed by atoms with Crippen LogP contribution in [0.3, 0.4) is 0 Å². The first-order chi connectivity index (χ1) is 8.84. The van der Waals surface area contributed by atoms with Crippen molar-refractivity contribution >= 4 is 33.7 Å². The summed E-state index contributed by atoms with van der Waals surface area (Å²) in [6.07, 6.45) is 7.84. The van der Waals surface area contributed by atoms with Crippen molar-refractivity contribution in [1.82, 2.24) is 0 Å². The molecule has 0 N–H and O–H groups in total. The Morgan fingerprint density at radius 3 is 2.72 bits per heavy atom. The SMILES string of the molecule is Cc1ccc2ccc3c4c(ccc1c24)=CCC=C3. The molecule has 0 spiro atoms. The Morgan fingerprint density at radius 1 is 0.889 bits per heavy atom. The molecule has 3 aromatic carbocycles. The van der Waals surface area contributed by atoms with Gasteiger partial charge in [-0.05, 0) is 51.2 Å². The topological polar surface area (TPSA) is 0 Å². The van der Waals surface area contributed by atoms with Crippen molar-refractivity contribution in [1.29, 1.82) is 0 Å². The zero-order chi connectivity index (χ0) is 12.1. The van der Waals surface area contributed by atoms with Gasteiger partial charge in [0.2, 0.25) is 0 Å². The maximum atomic E-state index is 2.32. The first-order valence-electron chi connectivity index (χ1n) is 6.46. The van der Waals surface area contributed by atoms with Crippen molar-refractivity contribution in [2.75, 3.05) is 0 Å². The third kappa shape index (κ3) is 1.20. The highest BCUT2D eigenvalue weighted by atomic mass is 14.1. The van der Waals surface area contributed by atoms with Crippen LogP contribution in [0.15, 0.2) is 42.5 Å². The summed E-state index contributed by atoms with van der Waals surface area (Å²) in [5.41, 5.74) is 2.71. The molecule has 0 radical (unpaired) electrons. The molecular formula is C18H14. The van der Waals surface area contributed by atoms with Gasteiger partial charge in [0.15, 0.2) is 0 Å². The lowest BCUT2D eigenvalue weighted by molar-refractivity contribution is 1.50. The van der Waals surface area contributed by atoms with Crippen molar-refractivity contribution in [2.45, 2.75) is 13.3 Å². The summed E-state index contributed by atoms with van der Waals surface area (Å²) in [6.45, 7) is 2.19. The molecule has 0 saturated carbocycles. The van der Waals surface area contributed by atoms with Gasteiger partial charge in [-0.15, -0.1) is 0 Å². The molecule has 0 atom stereocenters. The zero-order valence-electron chi connectivity index (χ0n) is 10.4. The van der Waals surface area contributed by atoms with Crippen LogP contribution >= 0.6 is 0 Å². The first kappa shape index (κ1) is 9.90. The second-order valence-corrected chi connectivity index (χ2v) is 5.05. The van der Waals surface area contributed by atoms with Gasteiger partial charge in [0, 0.05) is 0 Å². The van der Waals surface area contributed by atoms with Crippen LogP contribution in [0.4, 0.5) is 0 Å². The minimum atomic E-state index is 1.02. The van der Waals surface area contributed by atoms with Gasteiger partial charge in [-0.25, -0.2) is 0 Å². The third-order valence-electron chi connectivity index (χ3n) is 3.97. The van der Waals surface area contributed by atoms with Crippen molar-refractivity contribution in [3.8, 4) is 0 Å². The Labute approximate surface area is 106 Å². The van der Waals surface area contributed by atoms with Crippen molar-refractivity contribution in [3.05, 3.63) is 58.8 Å². The predicted molar refractivity (Wildman–Crippen MR) is 79.5 cm³/mol. The molecule has 18 heavy (non-hydrogen) atoms. The monoisotopic (exact) mass is 230 g/mol. The van der Waals surface area contributed by atoms with E-state index >= 15 is 0 Å². The fraction of sp³-hybridized carbons (Fsp3) is 0.111. The molecule has 86 valence electrons. The summed E-state index contributed by atoms with van der Waals surface area (Å²) in [6, 6.07) is 13.5. The smallest absolute Gasteiger partial charge is 0.00243 e. The van der Waals surface area contributed by atoms with Crippen LogP contribution in [0, 0.1) is 6.92 Å². The molecule has 0 nitrogen and oxygen atoms in total. The molecule has 0 heterocycles. The van der Waals surface area contributed by atoms with E-state index < -0.39 is 0 Å². The summed E-state index contributed by atoms with van der Waals surface area (Å²) in [7, 11) is 0. The molecule has 1 aliphatic carbocycles. The highest BCUT2D eigenvalue weighted by molar-refractivity contribution is 6.14. The molecule has 0 saturated heterocycles. The first-order valence-corrected chi connectivity index (χ1v) is 6.46. The predicted octanol–water partition coefficient (Wildman–Crippen LogP) is 4.22. The minimum absolute atomic E-state index is 1.02. The normalized spacial score (nSPS) is 13.8. The third-order valence-corrected chi connectivity index (χ3v) is 3.97. The Morgan fingerprint density at radius 2 is 1.78 bits per heavy atom. The van der Waals surface area contributed by atoms with Gasteiger partial charge in [-0.3, -0.25) is 0 Å². The van der Waals surface area contributed by atoms with E-state index in [2.05, 4.69) is 61.5 Å². The largest absolute Gasteiger partial charge is 0.0801 e. The minimum Gasteiger partial charge on any atom is -0.0801 e. The fourth-order valence-electron chi connectivity index (χ4n) is 3.05. The van der Waals surface area contributed by atoms with E-state index in [4.69, 9.17) is 0 Å². The number of aryl methyl sites for hydroxylation is 1. The highest BCUT2D eigenvalue weighted by Crippen LogP contribution is 2.30. The zero-order valence-corrected chi connectivity index (χ0v) is 10.4. The Hall–Kier alpha value is -2.08. The summed E-state index contributed by atoms with van der Waals surface area (Å²) in [5.74, 6) is 0. The van der Waals surface area contributed by atoms with Crippen LogP contribution in [-0.2, 0) is 0 Å². The van der Waals surface area contributed by atoms with Crippen LogP contribution in [0.5, 0.6) is 0 Å². The molecule has 3 aromatic rings. The number of allylic oxidation sites excluding steroid dienone is 1. The molecule has 0 amide bonds. The summed E-state index contributed by atoms with van der Waals surface area (Å²) in [5, 5.41) is 6.95. The lowest BCUT2D eigenvalue weighted by Gasteiger charge is -2.11. The van der Waals surface area contributed by atoms with E-state index in [1.165, 1.54) is 37.9 Å². The van der Waals surface area contributed by atoms with Crippen molar-refractivity contribution in [2.24, 2.45) is 0 Å². The average Bonchev–Trinajstić information content (AvgIpc) is 2.61. The van der Waals surface area contributed by atoms with Crippen LogP contribution in [0.25, 0.3) is 33.7 Å². The second kappa shape index (κ2) is 3.46. The number of rotatable bonds is 0. The van der Waals surface area contributed by atoms with E-state index in [0.717, 1.165) is 6.42 Å². The van der Waals surface area contributed by atoms with Crippen LogP contribution in [0.1, 0.15) is 17.5 Å². The molecule has 0 heteroatoms. The Kier molecular flexibility index (Phi) is 1.90. The molecule has 0 aromatic heterocycles. The van der Waals surface area contributed by atoms with E-state index in [-0.39, 0.29) is 0 Å². The average molecular weight is 230 g/mol. The van der Waals surface area contributed by atoms with Gasteiger partial charge >= 0.3 is 0 Å². The lowest BCUT2D eigenvalue weighted by atomic mass is 9.93. The summed E-state index contributed by atoms with van der Waals surface area (Å²) < 4.78 is 0. The highest BCUT2D eigenvalue weighted by Gasteiger charge is 2.09. The summed E-state index contributed by atoms with van der Waals surface area (Å²) >= 11 is 0. The van der Waals surface area contributed by atoms with Crippen LogP contribution in [-0.4, -0.2) is 0 Å². The standard InChI is InChI=1S/C18H14/c1-12-6-7-15-9-8-13-4-2-3-5-14-10-11-16(12)18(15)17(13)14/h2,4-11H,3H2,1H3. The van der Waals surface area contributed by atoms with E-state index in [0.29, 0.717) is 0 Å². The number of hydrogen-bond acceptors (Lipinski definition) is 0. The molecule has 1 aliphatic rings. The van der Waals surface area contributed by atoms with E-state index in [1.807, 2.05) is 0 Å². The van der Waals surface area contributed by atoms with Gasteiger partial charge in [0.1, 0.15) is 0 Å². The van der Waals surface area contributed by atoms with Crippen LogP contribution < -0.4 is 5.22 Å². The molecule has 0 fully saturated rings. The van der Waals surface area contributed by atoms with Gasteiger partial charge in [-0.1, -0.05) is 54.6 Å². The van der Waals surface area contributed by atoms with Gasteiger partial charge < -0.3 is 0 Å². The maximum absolute atomic E-state index is 2.32. The maximum Gasteiger partial charge on any atom is -0.00243 e. The molecule has 0 unspecified atom stereocenters. The number of benzene rings is 3. The molecule has 0 aliphatic heterocycles. The molecular weight excluding hydrogens is 216 g/mol. The van der Waals surface area contributed by atoms with Crippen molar-refractivity contribution in [3.63, 3.8) is 0 Å². The Balaban J connectivity index is 2.42. The van der Waals surface area contributed by atoms with Crippen molar-refractivity contribution < 1.29 is 0 Å². The Bertz CT molecular complexity index is 851. The van der Waals surface area contributed by atoms with Gasteiger partial charge in [0.05, 0.1) is 0 Å². The quantitative estimate of drug-likeness (QED) is 0.542. The molecule has 0 bridgehead atoms. The fourth-order valence-corrected chi connectivity index (χ4v) is 3.05. The van der Waals surface area contributed by atoms with E-state index in [9.17, 15) is 0 Å². The second-order valence-electron chi connectivity index (χ2n) is 5.05. The summed E-state index contributed by atoms with van der Waals surface area (Å²) in [4.78, 5) is 0. The number of hydrogen-bond donors (Lipinski definition) is 0. The van der Waals surface area contributed by atoms with Crippen LogP contribution in [0.2, 0.25) is 0 Å².